The summed E-state index contributed by atoms with van der Waals surface area (Å²) in [5.41, 5.74) is -0.134. The zero-order valence-corrected chi connectivity index (χ0v) is 16.9. The van der Waals surface area contributed by atoms with Crippen molar-refractivity contribution in [3.63, 3.8) is 0 Å². The first-order valence-corrected chi connectivity index (χ1v) is 11.3. The number of hydrogen-bond donors (Lipinski definition) is 0. The van der Waals surface area contributed by atoms with Gasteiger partial charge in [-0.25, -0.2) is 13.2 Å². The molecule has 156 valence electrons. The fourth-order valence-electron chi connectivity index (χ4n) is 3.35. The molecule has 1 aliphatic rings. The molecule has 1 aromatic carbocycles. The predicted octanol–water partition coefficient (Wildman–Crippen LogP) is 1.77. The Morgan fingerprint density at radius 2 is 2.03 bits per heavy atom. The lowest BCUT2D eigenvalue weighted by Crippen LogP contribution is -2.43. The maximum atomic E-state index is 12.6. The number of rotatable bonds is 7. The van der Waals surface area contributed by atoms with Crippen LogP contribution in [0.3, 0.4) is 0 Å². The van der Waals surface area contributed by atoms with Gasteiger partial charge in [-0.1, -0.05) is 25.5 Å². The zero-order valence-electron chi connectivity index (χ0n) is 16.1. The fraction of sp³-hybridized carbons (Fsp3) is 0.450. The Morgan fingerprint density at radius 1 is 1.28 bits per heavy atom. The number of nitrogens with zero attached hydrogens (tertiary/aromatic N) is 1. The van der Waals surface area contributed by atoms with Gasteiger partial charge in [0.1, 0.15) is 5.58 Å². The average Bonchev–Trinajstić information content (AvgIpc) is 3.05. The molecule has 1 aromatic heterocycles. The van der Waals surface area contributed by atoms with Gasteiger partial charge in [-0.3, -0.25) is 9.59 Å². The van der Waals surface area contributed by atoms with Crippen LogP contribution in [0, 0.1) is 0 Å². The Labute approximate surface area is 168 Å². The Kier molecular flexibility index (Phi) is 6.36. The van der Waals surface area contributed by atoms with Gasteiger partial charge in [0.2, 0.25) is 5.76 Å². The van der Waals surface area contributed by atoms with Gasteiger partial charge in [0.25, 0.3) is 5.91 Å². The number of amides is 1. The summed E-state index contributed by atoms with van der Waals surface area (Å²) in [4.78, 5) is 38.5. The molecule has 0 spiro atoms. The number of benzene rings is 1. The summed E-state index contributed by atoms with van der Waals surface area (Å²) >= 11 is 0. The largest absolute Gasteiger partial charge is 0.450 e. The van der Waals surface area contributed by atoms with Crippen LogP contribution in [0.5, 0.6) is 0 Å². The third-order valence-electron chi connectivity index (χ3n) is 4.88. The van der Waals surface area contributed by atoms with Crippen LogP contribution >= 0.6 is 0 Å². The Hall–Kier alpha value is -2.68. The Bertz CT molecular complexity index is 1070. The number of hydrogen-bond acceptors (Lipinski definition) is 7. The van der Waals surface area contributed by atoms with E-state index in [1.165, 1.54) is 4.90 Å². The highest BCUT2D eigenvalue weighted by Crippen LogP contribution is 2.19. The quantitative estimate of drug-likeness (QED) is 0.626. The number of esters is 1. The molecule has 2 heterocycles. The summed E-state index contributed by atoms with van der Waals surface area (Å²) in [6, 6.07) is 7.13. The second-order valence-electron chi connectivity index (χ2n) is 7.04. The van der Waals surface area contributed by atoms with Crippen molar-refractivity contribution < 1.29 is 27.2 Å². The highest BCUT2D eigenvalue weighted by atomic mass is 32.2. The topological polar surface area (TPSA) is 111 Å². The highest BCUT2D eigenvalue weighted by molar-refractivity contribution is 7.91. The molecule has 1 aliphatic heterocycles. The molecule has 9 heteroatoms. The molecular weight excluding hydrogens is 398 g/mol. The van der Waals surface area contributed by atoms with Gasteiger partial charge in [0.05, 0.1) is 16.9 Å². The van der Waals surface area contributed by atoms with Gasteiger partial charge >= 0.3 is 5.97 Å². The van der Waals surface area contributed by atoms with E-state index < -0.39 is 34.4 Å². The van der Waals surface area contributed by atoms with E-state index in [1.54, 1.807) is 24.3 Å². The molecule has 0 saturated carbocycles. The highest BCUT2D eigenvalue weighted by Gasteiger charge is 2.34. The normalized spacial score (nSPS) is 17.9. The molecule has 1 saturated heterocycles. The van der Waals surface area contributed by atoms with Crippen molar-refractivity contribution in [2.24, 2.45) is 0 Å². The molecule has 0 bridgehead atoms. The third-order valence-corrected chi connectivity index (χ3v) is 6.63. The van der Waals surface area contributed by atoms with Crippen molar-refractivity contribution in [3.8, 4) is 0 Å². The van der Waals surface area contributed by atoms with Crippen molar-refractivity contribution in [2.45, 2.75) is 32.2 Å². The number of carbonyl (C=O) groups excluding carboxylic acids is 2. The molecule has 0 unspecified atom stereocenters. The summed E-state index contributed by atoms with van der Waals surface area (Å²) < 4.78 is 34.0. The summed E-state index contributed by atoms with van der Waals surface area (Å²) in [6.07, 6.45) is 1.94. The van der Waals surface area contributed by atoms with E-state index in [-0.39, 0.29) is 28.3 Å². The first-order valence-electron chi connectivity index (χ1n) is 9.50. The van der Waals surface area contributed by atoms with Gasteiger partial charge < -0.3 is 14.1 Å². The monoisotopic (exact) mass is 421 g/mol. The number of sulfone groups is 1. The van der Waals surface area contributed by atoms with E-state index in [9.17, 15) is 22.8 Å². The van der Waals surface area contributed by atoms with Crippen molar-refractivity contribution in [1.29, 1.82) is 0 Å². The van der Waals surface area contributed by atoms with Crippen molar-refractivity contribution in [3.05, 3.63) is 46.3 Å². The average molecular weight is 421 g/mol. The first kappa shape index (κ1) is 21.0. The molecule has 0 aliphatic carbocycles. The summed E-state index contributed by atoms with van der Waals surface area (Å²) in [5, 5.41) is 0.341. The van der Waals surface area contributed by atoms with Crippen molar-refractivity contribution >= 4 is 32.7 Å². The molecule has 2 aromatic rings. The van der Waals surface area contributed by atoms with Crippen LogP contribution in [0.2, 0.25) is 0 Å². The SMILES string of the molecule is CCCCN(C(=O)COC(=O)c1cc(=O)c2ccccc2o1)[C@H]1CCS(=O)(=O)C1. The lowest BCUT2D eigenvalue weighted by molar-refractivity contribution is -0.136. The zero-order chi connectivity index (χ0) is 21.0. The van der Waals surface area contributed by atoms with Gasteiger partial charge in [-0.2, -0.15) is 0 Å². The minimum atomic E-state index is -3.15. The molecule has 1 fully saturated rings. The van der Waals surface area contributed by atoms with Gasteiger partial charge in [-0.05, 0) is 25.0 Å². The van der Waals surface area contributed by atoms with Crippen LogP contribution in [0.1, 0.15) is 36.7 Å². The molecular formula is C20H23NO7S. The summed E-state index contributed by atoms with van der Waals surface area (Å²) in [6.45, 7) is 1.82. The molecule has 1 atom stereocenters. The number of carbonyl (C=O) groups is 2. The Morgan fingerprint density at radius 3 is 2.72 bits per heavy atom. The first-order chi connectivity index (χ1) is 13.8. The molecule has 0 N–H and O–H groups in total. The third kappa shape index (κ3) is 5.03. The summed E-state index contributed by atoms with van der Waals surface area (Å²) in [7, 11) is -3.15. The van der Waals surface area contributed by atoms with Crippen LogP contribution in [0.4, 0.5) is 0 Å². The maximum absolute atomic E-state index is 12.6. The summed E-state index contributed by atoms with van der Waals surface area (Å²) in [5.74, 6) is -1.69. The smallest absolute Gasteiger partial charge is 0.374 e. The van der Waals surface area contributed by atoms with E-state index in [1.807, 2.05) is 6.92 Å². The molecule has 29 heavy (non-hydrogen) atoms. The van der Waals surface area contributed by atoms with E-state index in [2.05, 4.69) is 0 Å². The molecule has 1 amide bonds. The second kappa shape index (κ2) is 8.77. The minimum Gasteiger partial charge on any atom is -0.450 e. The molecule has 8 nitrogen and oxygen atoms in total. The molecule has 3 rings (SSSR count). The number of para-hydroxylation sites is 1. The van der Waals surface area contributed by atoms with Crippen molar-refractivity contribution in [2.75, 3.05) is 24.7 Å². The van der Waals surface area contributed by atoms with E-state index in [0.717, 1.165) is 18.9 Å². The van der Waals surface area contributed by atoms with E-state index in [0.29, 0.717) is 18.4 Å². The number of ether oxygens (including phenoxy) is 1. The number of fused-ring (bicyclic) bond motifs is 1. The fourth-order valence-corrected chi connectivity index (χ4v) is 5.08. The van der Waals surface area contributed by atoms with Crippen LogP contribution < -0.4 is 5.43 Å². The predicted molar refractivity (Wildman–Crippen MR) is 106 cm³/mol. The van der Waals surface area contributed by atoms with Gasteiger partial charge in [-0.15, -0.1) is 0 Å². The van der Waals surface area contributed by atoms with Crippen LogP contribution in [-0.4, -0.2) is 55.9 Å². The van der Waals surface area contributed by atoms with Crippen molar-refractivity contribution in [1.82, 2.24) is 4.90 Å². The standard InChI is InChI=1S/C20H23NO7S/c1-2-3-9-21(14-8-10-29(25,26)13-14)19(23)12-27-20(24)18-11-16(22)15-6-4-5-7-17(15)28-18/h4-7,11,14H,2-3,8-10,12-13H2,1H3/t14-/m0/s1. The van der Waals surface area contributed by atoms with Gasteiger partial charge in [0, 0.05) is 18.7 Å². The maximum Gasteiger partial charge on any atom is 0.374 e. The van der Waals surface area contributed by atoms with Crippen LogP contribution in [0.15, 0.2) is 39.5 Å². The number of unbranched alkanes of at least 4 members (excludes halogenated alkanes) is 1. The second-order valence-corrected chi connectivity index (χ2v) is 9.27. The van der Waals surface area contributed by atoms with E-state index >= 15 is 0 Å². The van der Waals surface area contributed by atoms with E-state index in [4.69, 9.17) is 9.15 Å². The van der Waals surface area contributed by atoms with Crippen LogP contribution in [0.25, 0.3) is 11.0 Å². The minimum absolute atomic E-state index is 0.0512. The van der Waals surface area contributed by atoms with Crippen LogP contribution in [-0.2, 0) is 19.4 Å². The lowest BCUT2D eigenvalue weighted by Gasteiger charge is -2.28. The Balaban J connectivity index is 1.69. The molecule has 0 radical (unpaired) electrons. The lowest BCUT2D eigenvalue weighted by atomic mass is 10.2. The van der Waals surface area contributed by atoms with Gasteiger partial charge in [0.15, 0.2) is 21.9 Å².